The Morgan fingerprint density at radius 3 is 1.18 bits per heavy atom. The lowest BCUT2D eigenvalue weighted by molar-refractivity contribution is -0.144. The molecule has 9 saturated heterocycles. The lowest BCUT2D eigenvalue weighted by Gasteiger charge is -2.52. The van der Waals surface area contributed by atoms with Gasteiger partial charge in [-0.05, 0) is 279 Å². The largest absolute Gasteiger partial charge is 0.397 e. The van der Waals surface area contributed by atoms with Crippen LogP contribution in [0.15, 0.2) is 219 Å². The highest BCUT2D eigenvalue weighted by Crippen LogP contribution is 2.44. The molecule has 32 heteroatoms. The van der Waals surface area contributed by atoms with Crippen LogP contribution in [0, 0.1) is 33.7 Å². The second-order valence-corrected chi connectivity index (χ2v) is 39.6. The van der Waals surface area contributed by atoms with Crippen molar-refractivity contribution in [2.45, 2.75) is 135 Å². The van der Waals surface area contributed by atoms with E-state index in [2.05, 4.69) is 78.3 Å². The number of aromatic nitrogens is 9. The number of aliphatic hydroxyl groups is 1. The van der Waals surface area contributed by atoms with Crippen LogP contribution in [0.2, 0.25) is 0 Å². The number of anilines is 5. The second kappa shape index (κ2) is 45.8. The van der Waals surface area contributed by atoms with Crippen LogP contribution in [0.25, 0.3) is 56.3 Å². The van der Waals surface area contributed by atoms with E-state index in [-0.39, 0.29) is 96.5 Å². The number of amides is 5. The van der Waals surface area contributed by atoms with Crippen LogP contribution in [-0.4, -0.2) is 242 Å². The number of piperidine rings is 3. The molecule has 3 unspecified atom stereocenters. The van der Waals surface area contributed by atoms with Gasteiger partial charge in [0.25, 0.3) is 0 Å². The van der Waals surface area contributed by atoms with Crippen molar-refractivity contribution in [3.05, 3.63) is 282 Å². The Bertz CT molecular complexity index is 6370. The molecule has 0 radical (unpaired) electrons. The normalized spacial score (nSPS) is 19.2. The van der Waals surface area contributed by atoms with Gasteiger partial charge in [0.05, 0.1) is 130 Å². The van der Waals surface area contributed by atoms with E-state index in [1.165, 1.54) is 60.4 Å². The van der Waals surface area contributed by atoms with Gasteiger partial charge >= 0.3 is 0 Å². The van der Waals surface area contributed by atoms with Gasteiger partial charge in [0.2, 0.25) is 29.5 Å². The predicted molar refractivity (Wildman–Crippen MR) is 544 cm³/mol. The number of hydrogen-bond acceptors (Lipinski definition) is 23. The first-order valence-electron chi connectivity index (χ1n) is 49.6. The molecule has 12 N–H and O–H groups in total. The van der Waals surface area contributed by atoms with Gasteiger partial charge in [0.1, 0.15) is 17.5 Å². The van der Waals surface area contributed by atoms with Crippen LogP contribution in [0.4, 0.5) is 41.6 Å². The molecular formula is C110H128F3N23O6. The van der Waals surface area contributed by atoms with E-state index in [4.69, 9.17) is 28.7 Å². The van der Waals surface area contributed by atoms with Crippen molar-refractivity contribution in [1.82, 2.24) is 89.2 Å². The number of hydrogen-bond donors (Lipinski definition) is 7. The number of likely N-dealkylation sites (tertiary alicyclic amines) is 6. The number of aryl methyl sites for hydroxylation is 1. The quantitative estimate of drug-likeness (QED) is 0.0373. The molecule has 9 fully saturated rings. The minimum Gasteiger partial charge on any atom is -0.397 e. The Kier molecular flexibility index (Phi) is 32.1. The van der Waals surface area contributed by atoms with E-state index < -0.39 is 0 Å². The molecule has 740 valence electrons. The highest BCUT2D eigenvalue weighted by atomic mass is 19.1. The molecule has 17 heterocycles. The first kappa shape index (κ1) is 99.6. The molecule has 9 aliphatic rings. The molecule has 21 rings (SSSR count). The minimum atomic E-state index is -0.299. The summed E-state index contributed by atoms with van der Waals surface area (Å²) in [5.41, 5.74) is 48.0. The zero-order valence-corrected chi connectivity index (χ0v) is 80.8. The van der Waals surface area contributed by atoms with Crippen LogP contribution in [-0.2, 0) is 82.8 Å². The number of carbonyl (C=O) groups is 5. The van der Waals surface area contributed by atoms with Crippen molar-refractivity contribution < 1.29 is 42.3 Å². The van der Waals surface area contributed by atoms with Gasteiger partial charge in [-0.2, -0.15) is 5.10 Å². The van der Waals surface area contributed by atoms with E-state index in [9.17, 15) is 42.3 Å². The van der Waals surface area contributed by atoms with Crippen molar-refractivity contribution in [3.63, 3.8) is 0 Å². The average Bonchev–Trinajstić information content (AvgIpc) is 0.812. The first-order chi connectivity index (χ1) is 68.8. The molecule has 12 aromatic rings. The van der Waals surface area contributed by atoms with Crippen molar-refractivity contribution in [1.29, 1.82) is 0 Å². The van der Waals surface area contributed by atoms with Gasteiger partial charge < -0.3 is 63.6 Å². The number of nitrogens with two attached hydrogens (primary N) is 5. The summed E-state index contributed by atoms with van der Waals surface area (Å²) in [5, 5.41) is 17.1. The van der Waals surface area contributed by atoms with Gasteiger partial charge in [-0.1, -0.05) is 24.3 Å². The lowest BCUT2D eigenvalue weighted by Crippen LogP contribution is -2.61. The number of fused-ring (bicyclic) bond motifs is 1. The lowest BCUT2D eigenvalue weighted by atomic mass is 9.72. The molecule has 142 heavy (non-hydrogen) atoms. The molecule has 5 amide bonds. The number of nitrogen functional groups attached to an aromatic ring is 5. The number of rotatable bonds is 20. The minimum absolute atomic E-state index is 0.0510. The van der Waals surface area contributed by atoms with Crippen molar-refractivity contribution in [2.24, 2.45) is 23.3 Å². The van der Waals surface area contributed by atoms with Crippen molar-refractivity contribution in [2.75, 3.05) is 146 Å². The van der Waals surface area contributed by atoms with Crippen molar-refractivity contribution >= 4 is 58.0 Å². The smallest absolute Gasteiger partial charge is 0.228 e. The summed E-state index contributed by atoms with van der Waals surface area (Å²) in [4.78, 5) is 113. The van der Waals surface area contributed by atoms with Crippen LogP contribution in [0.3, 0.4) is 0 Å². The molecule has 0 aliphatic carbocycles. The fourth-order valence-corrected chi connectivity index (χ4v) is 21.4. The maximum absolute atomic E-state index is 13.3. The number of nitrogens with one attached hydrogen (secondary N) is 1. The molecule has 3 spiro atoms. The van der Waals surface area contributed by atoms with E-state index in [1.807, 2.05) is 103 Å². The average molecular weight is 1930 g/mol. The number of nitrogens with zero attached hydrogens (tertiary/aromatic N) is 17. The highest BCUT2D eigenvalue weighted by Gasteiger charge is 2.47. The number of pyridine rings is 7. The number of benzene rings is 4. The molecule has 4 aromatic carbocycles. The zero-order valence-electron chi connectivity index (χ0n) is 80.8. The summed E-state index contributed by atoms with van der Waals surface area (Å²) < 4.78 is 41.5. The highest BCUT2D eigenvalue weighted by molar-refractivity contribution is 5.84. The van der Waals surface area contributed by atoms with Gasteiger partial charge in [-0.3, -0.25) is 78.2 Å². The standard InChI is InChI=1S/C29H33FN4O2.C26H31FN6O.C20H23FN4O.C19H23N5O.C16H18N4O/c30-24-7-5-23(6-8-24)26-10-9-25(31)27(32-26)16-28(36)34-14-12-29(20-34)11-2-13-33(19-29)17-21-3-1-4-22(15-21)18-35;1-31-15-19(14-29-31)16-32-11-2-9-26(17-32)10-12-33(18-26)25(34)13-24-22(28)7-8-23(30-24)20-3-5-21(27)6-4-20;21-15-5-3-14(4-6-15)18-8-7-17(22)19(23-18)12-20(26)25-11-10-24-9-1-2-16(24)13-25;20-15-3-4-16(14-2-1-7-22-11-14)23-17(15)10-18(25)24-12-19(13-24)5-8-21-9-6-19;17-13-5-6-14(12-4-3-7-18-11-12)19-15(13)10-16(21)20-8-1-2-9-20/h1,3-10,15,35H,2,11-14,16-20,31H2;3-8,14-15H,2,9-13,16-18,28H2,1H3;3-8,16H,1-2,9-13,22H2;1-4,7,11,21H,5-6,8-10,12-13,20H2;3-7,11H,1-2,8-10,17H2. The first-order valence-corrected chi connectivity index (χ1v) is 49.6. The fourth-order valence-electron chi connectivity index (χ4n) is 21.4. The molecular weight excluding hydrogens is 1800 g/mol. The third-order valence-electron chi connectivity index (χ3n) is 29.3. The van der Waals surface area contributed by atoms with Gasteiger partial charge in [0.15, 0.2) is 0 Å². The Labute approximate surface area is 827 Å². The van der Waals surface area contributed by atoms with E-state index in [1.54, 1.807) is 97.6 Å². The number of piperazine rings is 1. The monoisotopic (exact) mass is 1920 g/mol. The Morgan fingerprint density at radius 1 is 0.373 bits per heavy atom. The SMILES string of the molecule is Cn1cc(CN2CCCC3(CCN(C(=O)Cc4nc(-c5ccc(F)cc5)ccc4N)C3)C2)cn1.Nc1ccc(-c2ccc(F)cc2)nc1CC(=O)N1CCC2(CCCN(Cc3cccc(CO)c3)C2)C1.Nc1ccc(-c2ccc(F)cc2)nc1CC(=O)N1CCN2CCCC2C1.Nc1ccc(-c2cccnc2)nc1CC(=O)N1CC2(CCNCC2)C1.Nc1ccc(-c2cccnc2)nc1CC(=O)N1CCCC1. The summed E-state index contributed by atoms with van der Waals surface area (Å²) in [6, 6.07) is 52.8. The van der Waals surface area contributed by atoms with Crippen LogP contribution in [0.1, 0.15) is 122 Å². The number of halogens is 3. The molecule has 0 saturated carbocycles. The maximum Gasteiger partial charge on any atom is 0.228 e. The fraction of sp³-hybridized carbons (Fsp3) is 0.391. The predicted octanol–water partition coefficient (Wildman–Crippen LogP) is 13.0. The topological polar surface area (TPSA) is 382 Å². The van der Waals surface area contributed by atoms with E-state index >= 15 is 0 Å². The summed E-state index contributed by atoms with van der Waals surface area (Å²) in [5.74, 6) is -0.460. The molecule has 0 bridgehead atoms. The van der Waals surface area contributed by atoms with E-state index in [0.717, 1.165) is 240 Å². The van der Waals surface area contributed by atoms with Gasteiger partial charge in [-0.15, -0.1) is 0 Å². The third-order valence-corrected chi connectivity index (χ3v) is 29.3. The Morgan fingerprint density at radius 2 is 0.768 bits per heavy atom. The van der Waals surface area contributed by atoms with Crippen LogP contribution in [0.5, 0.6) is 0 Å². The maximum atomic E-state index is 13.3. The van der Waals surface area contributed by atoms with Crippen LogP contribution < -0.4 is 34.0 Å². The summed E-state index contributed by atoms with van der Waals surface area (Å²) >= 11 is 0. The summed E-state index contributed by atoms with van der Waals surface area (Å²) in [6.45, 7) is 18.2. The van der Waals surface area contributed by atoms with Crippen molar-refractivity contribution in [3.8, 4) is 56.3 Å². The summed E-state index contributed by atoms with van der Waals surface area (Å²) in [7, 11) is 1.94. The molecule has 29 nitrogen and oxygen atoms in total. The molecule has 8 aromatic heterocycles. The third kappa shape index (κ3) is 25.5. The number of aliphatic hydroxyl groups excluding tert-OH is 1. The molecule has 3 atom stereocenters. The Balaban J connectivity index is 0.000000124. The van der Waals surface area contributed by atoms with Gasteiger partial charge in [-0.25, -0.2) is 13.2 Å². The second-order valence-electron chi connectivity index (χ2n) is 39.6. The Hall–Kier alpha value is -13.9. The zero-order chi connectivity index (χ0) is 98.9. The van der Waals surface area contributed by atoms with Crippen LogP contribution >= 0.6 is 0 Å². The molecule has 9 aliphatic heterocycles. The number of carbonyl (C=O) groups excluding carboxylic acids is 5. The summed E-state index contributed by atoms with van der Waals surface area (Å²) in [6.07, 6.45) is 25.5. The van der Waals surface area contributed by atoms with Gasteiger partial charge in [0, 0.05) is 192 Å². The van der Waals surface area contributed by atoms with E-state index in [0.29, 0.717) is 85.4 Å².